The number of aromatic nitrogens is 1. The predicted molar refractivity (Wildman–Crippen MR) is 90.2 cm³/mol. The second-order valence-electron chi connectivity index (χ2n) is 4.85. The van der Waals surface area contributed by atoms with E-state index >= 15 is 0 Å². The fraction of sp³-hybridized carbons (Fsp3) is 0.0588. The van der Waals surface area contributed by atoms with Gasteiger partial charge in [0.2, 0.25) is 5.91 Å². The SMILES string of the molecule is COc1cccc(C=CC(=O)Nc2nc3c(F)cc(F)cc3s2)c1. The molecule has 122 valence electrons. The third-order valence-corrected chi connectivity index (χ3v) is 4.08. The zero-order valence-electron chi connectivity index (χ0n) is 12.5. The summed E-state index contributed by atoms with van der Waals surface area (Å²) in [6.45, 7) is 0. The third kappa shape index (κ3) is 3.57. The Morgan fingerprint density at radius 3 is 2.92 bits per heavy atom. The molecule has 0 radical (unpaired) electrons. The van der Waals surface area contributed by atoms with Crippen molar-refractivity contribution in [3.8, 4) is 5.75 Å². The lowest BCUT2D eigenvalue weighted by Crippen LogP contribution is -2.07. The maximum absolute atomic E-state index is 13.6. The van der Waals surface area contributed by atoms with Gasteiger partial charge in [-0.1, -0.05) is 23.5 Å². The Kier molecular flexibility index (Phi) is 4.52. The van der Waals surface area contributed by atoms with Crippen LogP contribution in [0.2, 0.25) is 0 Å². The molecule has 0 bridgehead atoms. The van der Waals surface area contributed by atoms with Crippen molar-refractivity contribution in [2.24, 2.45) is 0 Å². The van der Waals surface area contributed by atoms with Gasteiger partial charge in [-0.25, -0.2) is 13.8 Å². The summed E-state index contributed by atoms with van der Waals surface area (Å²) in [6.07, 6.45) is 2.95. The van der Waals surface area contributed by atoms with Gasteiger partial charge >= 0.3 is 0 Å². The number of hydrogen-bond acceptors (Lipinski definition) is 4. The standard InChI is InChI=1S/C17H12F2N2O2S/c1-23-12-4-2-3-10(7-12)5-6-15(22)20-17-21-16-13(19)8-11(18)9-14(16)24-17/h2-9H,1H3,(H,20,21,22). The third-order valence-electron chi connectivity index (χ3n) is 3.16. The lowest BCUT2D eigenvalue weighted by atomic mass is 10.2. The van der Waals surface area contributed by atoms with E-state index < -0.39 is 17.5 Å². The molecule has 0 fully saturated rings. The minimum Gasteiger partial charge on any atom is -0.497 e. The zero-order chi connectivity index (χ0) is 17.1. The van der Waals surface area contributed by atoms with E-state index in [-0.39, 0.29) is 10.6 Å². The number of hydrogen-bond donors (Lipinski definition) is 1. The molecule has 3 aromatic rings. The summed E-state index contributed by atoms with van der Waals surface area (Å²) in [7, 11) is 1.56. The largest absolute Gasteiger partial charge is 0.497 e. The number of nitrogens with one attached hydrogen (secondary N) is 1. The molecule has 0 unspecified atom stereocenters. The Morgan fingerprint density at radius 2 is 2.12 bits per heavy atom. The average Bonchev–Trinajstić information content (AvgIpc) is 2.95. The van der Waals surface area contributed by atoms with E-state index in [1.807, 2.05) is 6.07 Å². The number of halogens is 2. The van der Waals surface area contributed by atoms with E-state index in [1.165, 1.54) is 12.1 Å². The molecule has 1 N–H and O–H groups in total. The smallest absolute Gasteiger partial charge is 0.250 e. The van der Waals surface area contributed by atoms with E-state index in [1.54, 1.807) is 31.4 Å². The first-order valence-corrected chi connectivity index (χ1v) is 7.75. The average molecular weight is 346 g/mol. The van der Waals surface area contributed by atoms with Crippen LogP contribution in [0, 0.1) is 11.6 Å². The summed E-state index contributed by atoms with van der Waals surface area (Å²) >= 11 is 1.00. The van der Waals surface area contributed by atoms with Crippen LogP contribution in [-0.2, 0) is 4.79 Å². The molecule has 0 aliphatic rings. The fourth-order valence-electron chi connectivity index (χ4n) is 2.07. The Bertz CT molecular complexity index is 937. The van der Waals surface area contributed by atoms with Crippen molar-refractivity contribution in [2.75, 3.05) is 12.4 Å². The highest BCUT2D eigenvalue weighted by Crippen LogP contribution is 2.28. The molecule has 0 aliphatic carbocycles. The molecule has 1 aromatic heterocycles. The Morgan fingerprint density at radius 1 is 1.29 bits per heavy atom. The van der Waals surface area contributed by atoms with Crippen LogP contribution in [0.15, 0.2) is 42.5 Å². The summed E-state index contributed by atoms with van der Waals surface area (Å²) < 4.78 is 32.2. The molecule has 4 nitrogen and oxygen atoms in total. The Balaban J connectivity index is 1.74. The number of anilines is 1. The number of amides is 1. The molecule has 1 amide bonds. The van der Waals surface area contributed by atoms with Crippen molar-refractivity contribution in [1.29, 1.82) is 0 Å². The van der Waals surface area contributed by atoms with Gasteiger partial charge in [-0.05, 0) is 29.8 Å². The topological polar surface area (TPSA) is 51.2 Å². The quantitative estimate of drug-likeness (QED) is 0.719. The second kappa shape index (κ2) is 6.76. The highest BCUT2D eigenvalue weighted by molar-refractivity contribution is 7.22. The number of benzene rings is 2. The van der Waals surface area contributed by atoms with Crippen LogP contribution in [-0.4, -0.2) is 18.0 Å². The number of carbonyl (C=O) groups is 1. The summed E-state index contributed by atoms with van der Waals surface area (Å²) in [5.74, 6) is -1.17. The normalized spacial score (nSPS) is 11.1. The Labute approximate surface area is 140 Å². The first-order valence-electron chi connectivity index (χ1n) is 6.94. The van der Waals surface area contributed by atoms with Crippen molar-refractivity contribution >= 4 is 38.7 Å². The van der Waals surface area contributed by atoms with Gasteiger partial charge in [-0.15, -0.1) is 0 Å². The zero-order valence-corrected chi connectivity index (χ0v) is 13.4. The molecule has 0 spiro atoms. The van der Waals surface area contributed by atoms with Crippen molar-refractivity contribution in [1.82, 2.24) is 4.98 Å². The minimum absolute atomic E-state index is 0.0356. The number of rotatable bonds is 4. The number of thiazole rings is 1. The molecular formula is C17H12F2N2O2S. The molecule has 24 heavy (non-hydrogen) atoms. The maximum Gasteiger partial charge on any atom is 0.250 e. The first-order chi connectivity index (χ1) is 11.5. The second-order valence-corrected chi connectivity index (χ2v) is 5.88. The summed E-state index contributed by atoms with van der Waals surface area (Å²) in [5, 5.41) is 2.74. The van der Waals surface area contributed by atoms with E-state index in [0.717, 1.165) is 23.0 Å². The van der Waals surface area contributed by atoms with Crippen LogP contribution in [0.25, 0.3) is 16.3 Å². The summed E-state index contributed by atoms with van der Waals surface area (Å²) in [5.41, 5.74) is 0.829. The minimum atomic E-state index is -0.756. The van der Waals surface area contributed by atoms with Gasteiger partial charge in [0.1, 0.15) is 17.1 Å². The van der Waals surface area contributed by atoms with Gasteiger partial charge < -0.3 is 4.74 Å². The van der Waals surface area contributed by atoms with Gasteiger partial charge in [0, 0.05) is 12.1 Å². The fourth-order valence-corrected chi connectivity index (χ4v) is 2.98. The van der Waals surface area contributed by atoms with Crippen LogP contribution in [0.5, 0.6) is 5.75 Å². The molecule has 0 saturated heterocycles. The van der Waals surface area contributed by atoms with Crippen LogP contribution in [0.1, 0.15) is 5.56 Å². The van der Waals surface area contributed by atoms with Gasteiger partial charge in [-0.2, -0.15) is 0 Å². The number of nitrogens with zero attached hydrogens (tertiary/aromatic N) is 1. The van der Waals surface area contributed by atoms with Gasteiger partial charge in [0.15, 0.2) is 10.9 Å². The van der Waals surface area contributed by atoms with Crippen LogP contribution >= 0.6 is 11.3 Å². The summed E-state index contributed by atoms with van der Waals surface area (Å²) in [4.78, 5) is 15.9. The van der Waals surface area contributed by atoms with Crippen molar-refractivity contribution in [3.63, 3.8) is 0 Å². The van der Waals surface area contributed by atoms with Crippen LogP contribution in [0.3, 0.4) is 0 Å². The van der Waals surface area contributed by atoms with Crippen molar-refractivity contribution in [2.45, 2.75) is 0 Å². The molecule has 0 atom stereocenters. The molecule has 7 heteroatoms. The van der Waals surface area contributed by atoms with Crippen LogP contribution < -0.4 is 10.1 Å². The summed E-state index contributed by atoms with van der Waals surface area (Å²) in [6, 6.07) is 9.14. The highest BCUT2D eigenvalue weighted by Gasteiger charge is 2.11. The number of carbonyl (C=O) groups excluding carboxylic acids is 1. The molecular weight excluding hydrogens is 334 g/mol. The number of methoxy groups -OCH3 is 1. The predicted octanol–water partition coefficient (Wildman–Crippen LogP) is 4.24. The molecule has 2 aromatic carbocycles. The van der Waals surface area contributed by atoms with Crippen molar-refractivity contribution < 1.29 is 18.3 Å². The number of ether oxygens (including phenoxy) is 1. The van der Waals surface area contributed by atoms with E-state index in [2.05, 4.69) is 10.3 Å². The van der Waals surface area contributed by atoms with Crippen molar-refractivity contribution in [3.05, 3.63) is 59.7 Å². The Hall–Kier alpha value is -2.80. The first kappa shape index (κ1) is 16.1. The maximum atomic E-state index is 13.6. The molecule has 0 aliphatic heterocycles. The van der Waals surface area contributed by atoms with E-state index in [9.17, 15) is 13.6 Å². The van der Waals surface area contributed by atoms with Crippen LogP contribution in [0.4, 0.5) is 13.9 Å². The monoisotopic (exact) mass is 346 g/mol. The van der Waals surface area contributed by atoms with E-state index in [0.29, 0.717) is 10.4 Å². The number of fused-ring (bicyclic) bond motifs is 1. The lowest BCUT2D eigenvalue weighted by Gasteiger charge is -2.00. The van der Waals surface area contributed by atoms with Gasteiger partial charge in [0.25, 0.3) is 0 Å². The molecule has 1 heterocycles. The molecule has 0 saturated carbocycles. The highest BCUT2D eigenvalue weighted by atomic mass is 32.1. The van der Waals surface area contributed by atoms with E-state index in [4.69, 9.17) is 4.74 Å². The lowest BCUT2D eigenvalue weighted by molar-refractivity contribution is -0.111. The van der Waals surface area contributed by atoms with Gasteiger partial charge in [-0.3, -0.25) is 10.1 Å². The van der Waals surface area contributed by atoms with Gasteiger partial charge in [0.05, 0.1) is 11.8 Å². The molecule has 3 rings (SSSR count).